The smallest absolute Gasteiger partial charge is 0.233 e. The number of carbonyl (C=O) groups is 2. The van der Waals surface area contributed by atoms with E-state index in [0.29, 0.717) is 25.9 Å². The normalized spacial score (nSPS) is 9.35. The van der Waals surface area contributed by atoms with Crippen molar-refractivity contribution in [2.75, 3.05) is 33.2 Å². The van der Waals surface area contributed by atoms with Gasteiger partial charge in [-0.15, -0.1) is 12.4 Å². The maximum absolute atomic E-state index is 11.6. The molecule has 17 heavy (non-hydrogen) atoms. The Bertz CT molecular complexity index is 221. The minimum absolute atomic E-state index is 0. The number of halogens is 1. The summed E-state index contributed by atoms with van der Waals surface area (Å²) in [6.45, 7) is 6.33. The van der Waals surface area contributed by atoms with E-state index in [1.165, 1.54) is 0 Å². The molecule has 0 saturated carbocycles. The van der Waals surface area contributed by atoms with Crippen LogP contribution < -0.4 is 10.6 Å². The number of amides is 2. The lowest BCUT2D eigenvalue weighted by Gasteiger charge is -2.18. The van der Waals surface area contributed by atoms with Gasteiger partial charge in [0, 0.05) is 26.1 Å². The summed E-state index contributed by atoms with van der Waals surface area (Å²) in [5, 5.41) is 5.51. The predicted octanol–water partition coefficient (Wildman–Crippen LogP) is 0.392. The number of nitrogens with one attached hydrogen (secondary N) is 2. The van der Waals surface area contributed by atoms with Crippen molar-refractivity contribution < 1.29 is 9.59 Å². The molecule has 5 nitrogen and oxygen atoms in total. The summed E-state index contributed by atoms with van der Waals surface area (Å²) in [6, 6.07) is 0. The third kappa shape index (κ3) is 8.94. The van der Waals surface area contributed by atoms with Gasteiger partial charge in [-0.2, -0.15) is 0 Å². The highest BCUT2D eigenvalue weighted by Gasteiger charge is 2.08. The maximum Gasteiger partial charge on any atom is 0.233 e. The Morgan fingerprint density at radius 3 is 2.24 bits per heavy atom. The molecule has 0 aromatic rings. The summed E-state index contributed by atoms with van der Waals surface area (Å²) in [5.41, 5.74) is 0. The van der Waals surface area contributed by atoms with Crippen LogP contribution in [-0.4, -0.2) is 49.9 Å². The summed E-state index contributed by atoms with van der Waals surface area (Å²) >= 11 is 0. The summed E-state index contributed by atoms with van der Waals surface area (Å²) in [5.74, 6) is 0.130. The van der Waals surface area contributed by atoms with Crippen molar-refractivity contribution in [1.29, 1.82) is 0 Å². The fourth-order valence-corrected chi connectivity index (χ4v) is 1.42. The average Bonchev–Trinajstić information content (AvgIpc) is 2.26. The molecule has 6 heteroatoms. The van der Waals surface area contributed by atoms with E-state index in [9.17, 15) is 9.59 Å². The first-order valence-electron chi connectivity index (χ1n) is 5.84. The highest BCUT2D eigenvalue weighted by Crippen LogP contribution is 1.96. The summed E-state index contributed by atoms with van der Waals surface area (Å²) < 4.78 is 0. The molecule has 0 unspecified atom stereocenters. The molecule has 102 valence electrons. The molecule has 0 aliphatic carbocycles. The largest absolute Gasteiger partial charge is 0.355 e. The second-order valence-corrected chi connectivity index (χ2v) is 3.55. The van der Waals surface area contributed by atoms with E-state index in [0.717, 1.165) is 13.1 Å². The molecular formula is C11H24ClN3O2. The molecular weight excluding hydrogens is 242 g/mol. The second-order valence-electron chi connectivity index (χ2n) is 3.55. The van der Waals surface area contributed by atoms with Crippen LogP contribution in [0.5, 0.6) is 0 Å². The Hall–Kier alpha value is -0.810. The Morgan fingerprint density at radius 2 is 1.76 bits per heavy atom. The number of nitrogens with zero attached hydrogens (tertiary/aromatic N) is 1. The van der Waals surface area contributed by atoms with E-state index in [-0.39, 0.29) is 24.2 Å². The number of carbonyl (C=O) groups excluding carboxylic acids is 2. The van der Waals surface area contributed by atoms with Gasteiger partial charge in [0.15, 0.2) is 0 Å². The summed E-state index contributed by atoms with van der Waals surface area (Å²) in [6.07, 6.45) is 1.20. The van der Waals surface area contributed by atoms with Crippen LogP contribution >= 0.6 is 12.4 Å². The molecule has 2 amide bonds. The van der Waals surface area contributed by atoms with Gasteiger partial charge in [-0.05, 0) is 27.3 Å². The molecule has 0 bridgehead atoms. The van der Waals surface area contributed by atoms with Crippen molar-refractivity contribution in [3.63, 3.8) is 0 Å². The molecule has 0 saturated heterocycles. The first-order valence-corrected chi connectivity index (χ1v) is 5.84. The van der Waals surface area contributed by atoms with Crippen molar-refractivity contribution >= 4 is 24.2 Å². The van der Waals surface area contributed by atoms with Gasteiger partial charge >= 0.3 is 0 Å². The first-order chi connectivity index (χ1) is 7.65. The van der Waals surface area contributed by atoms with Crippen LogP contribution in [0.2, 0.25) is 0 Å². The van der Waals surface area contributed by atoms with E-state index in [4.69, 9.17) is 0 Å². The van der Waals surface area contributed by atoms with E-state index < -0.39 is 0 Å². The number of likely N-dealkylation sites (N-methyl/N-ethyl adjacent to an activating group) is 1. The average molecular weight is 266 g/mol. The van der Waals surface area contributed by atoms with E-state index in [2.05, 4.69) is 10.6 Å². The second kappa shape index (κ2) is 11.7. The first kappa shape index (κ1) is 18.6. The Balaban J connectivity index is 0. The quantitative estimate of drug-likeness (QED) is 0.625. The van der Waals surface area contributed by atoms with Gasteiger partial charge in [0.25, 0.3) is 0 Å². The Labute approximate surface area is 110 Å². The van der Waals surface area contributed by atoms with Crippen LogP contribution in [0.1, 0.15) is 26.7 Å². The molecule has 0 aliphatic rings. The molecule has 0 aliphatic heterocycles. The molecule has 0 radical (unpaired) electrons. The molecule has 0 atom stereocenters. The van der Waals surface area contributed by atoms with Gasteiger partial charge in [-0.3, -0.25) is 9.59 Å². The van der Waals surface area contributed by atoms with Gasteiger partial charge in [0.2, 0.25) is 11.8 Å². The van der Waals surface area contributed by atoms with Crippen molar-refractivity contribution in [2.24, 2.45) is 0 Å². The van der Waals surface area contributed by atoms with Crippen LogP contribution in [0.15, 0.2) is 0 Å². The molecule has 0 aromatic carbocycles. The summed E-state index contributed by atoms with van der Waals surface area (Å²) in [7, 11) is 1.73. The molecule has 0 heterocycles. The Kier molecular flexibility index (Phi) is 12.7. The summed E-state index contributed by atoms with van der Waals surface area (Å²) in [4.78, 5) is 24.4. The highest BCUT2D eigenvalue weighted by atomic mass is 35.5. The number of hydrogen-bond acceptors (Lipinski definition) is 3. The number of hydrogen-bond donors (Lipinski definition) is 2. The molecule has 0 aromatic heterocycles. The lowest BCUT2D eigenvalue weighted by molar-refractivity contribution is -0.131. The van der Waals surface area contributed by atoms with Gasteiger partial charge in [0.05, 0.1) is 6.54 Å². The monoisotopic (exact) mass is 265 g/mol. The van der Waals surface area contributed by atoms with Crippen molar-refractivity contribution in [3.8, 4) is 0 Å². The van der Waals surface area contributed by atoms with Gasteiger partial charge < -0.3 is 15.5 Å². The number of rotatable bonds is 8. The SMILES string of the molecule is CCN(CC)C(=O)CCCNC(=O)CNC.Cl. The van der Waals surface area contributed by atoms with Crippen molar-refractivity contribution in [1.82, 2.24) is 15.5 Å². The fraction of sp³-hybridized carbons (Fsp3) is 0.818. The van der Waals surface area contributed by atoms with Crippen molar-refractivity contribution in [3.05, 3.63) is 0 Å². The highest BCUT2D eigenvalue weighted by molar-refractivity contribution is 5.85. The maximum atomic E-state index is 11.6. The minimum atomic E-state index is -0.0298. The zero-order valence-electron chi connectivity index (χ0n) is 10.9. The standard InChI is InChI=1S/C11H23N3O2.ClH/c1-4-14(5-2)11(16)7-6-8-13-10(15)9-12-3;/h12H,4-9H2,1-3H3,(H,13,15);1H. The lowest BCUT2D eigenvalue weighted by Crippen LogP contribution is -2.34. The van der Waals surface area contributed by atoms with Crippen molar-refractivity contribution in [2.45, 2.75) is 26.7 Å². The van der Waals surface area contributed by atoms with Gasteiger partial charge in [-0.1, -0.05) is 0 Å². The molecule has 2 N–H and O–H groups in total. The van der Waals surface area contributed by atoms with Gasteiger partial charge in [0.1, 0.15) is 0 Å². The van der Waals surface area contributed by atoms with E-state index >= 15 is 0 Å². The minimum Gasteiger partial charge on any atom is -0.355 e. The van der Waals surface area contributed by atoms with Crippen LogP contribution in [0.4, 0.5) is 0 Å². The lowest BCUT2D eigenvalue weighted by atomic mass is 10.2. The van der Waals surface area contributed by atoms with Crippen LogP contribution in [-0.2, 0) is 9.59 Å². The van der Waals surface area contributed by atoms with Crippen LogP contribution in [0.25, 0.3) is 0 Å². The third-order valence-corrected chi connectivity index (χ3v) is 2.34. The third-order valence-electron chi connectivity index (χ3n) is 2.34. The molecule has 0 spiro atoms. The molecule has 0 rings (SSSR count). The van der Waals surface area contributed by atoms with Gasteiger partial charge in [-0.25, -0.2) is 0 Å². The zero-order valence-corrected chi connectivity index (χ0v) is 11.7. The fourth-order valence-electron chi connectivity index (χ4n) is 1.42. The Morgan fingerprint density at radius 1 is 1.18 bits per heavy atom. The zero-order chi connectivity index (χ0) is 12.4. The van der Waals surface area contributed by atoms with Crippen LogP contribution in [0, 0.1) is 0 Å². The predicted molar refractivity (Wildman–Crippen MR) is 71.3 cm³/mol. The topological polar surface area (TPSA) is 61.4 Å². The van der Waals surface area contributed by atoms with E-state index in [1.807, 2.05) is 13.8 Å². The van der Waals surface area contributed by atoms with E-state index in [1.54, 1.807) is 11.9 Å². The molecule has 0 fully saturated rings. The van der Waals surface area contributed by atoms with Crippen LogP contribution in [0.3, 0.4) is 0 Å².